The summed E-state index contributed by atoms with van der Waals surface area (Å²) in [6.07, 6.45) is 1.86. The van der Waals surface area contributed by atoms with Crippen molar-refractivity contribution in [1.29, 1.82) is 0 Å². The molecule has 3 rings (SSSR count). The smallest absolute Gasteiger partial charge is 0.256 e. The zero-order valence-corrected chi connectivity index (χ0v) is 14.8. The highest BCUT2D eigenvalue weighted by atomic mass is 35.5. The Hall–Kier alpha value is -2.55. The van der Waals surface area contributed by atoms with Crippen LogP contribution in [0.5, 0.6) is 0 Å². The maximum atomic E-state index is 12.9. The van der Waals surface area contributed by atoms with E-state index >= 15 is 0 Å². The van der Waals surface area contributed by atoms with E-state index in [1.165, 1.54) is 0 Å². The van der Waals surface area contributed by atoms with E-state index in [1.807, 2.05) is 66.7 Å². The minimum atomic E-state index is -0.237. The maximum Gasteiger partial charge on any atom is 0.256 e. The summed E-state index contributed by atoms with van der Waals surface area (Å²) in [5.41, 5.74) is 2.84. The molecule has 0 bridgehead atoms. The predicted molar refractivity (Wildman–Crippen MR) is 106 cm³/mol. The average molecular weight is 368 g/mol. The average Bonchev–Trinajstić information content (AvgIpc) is 2.63. The van der Waals surface area contributed by atoms with Crippen LogP contribution in [0.2, 0.25) is 10.0 Å². The summed E-state index contributed by atoms with van der Waals surface area (Å²) < 4.78 is 0. The van der Waals surface area contributed by atoms with E-state index in [-0.39, 0.29) is 5.91 Å². The number of halogens is 2. The molecule has 0 heterocycles. The van der Waals surface area contributed by atoms with Crippen LogP contribution >= 0.6 is 23.2 Å². The van der Waals surface area contributed by atoms with Crippen LogP contribution in [0.25, 0.3) is 11.6 Å². The molecule has 4 heteroatoms. The number of rotatable bonds is 4. The van der Waals surface area contributed by atoms with E-state index in [0.717, 1.165) is 11.1 Å². The van der Waals surface area contributed by atoms with Gasteiger partial charge in [0.25, 0.3) is 5.91 Å². The Morgan fingerprint density at radius 2 is 1.48 bits per heavy atom. The molecule has 0 aliphatic carbocycles. The van der Waals surface area contributed by atoms with Crippen LogP contribution in [0.4, 0.5) is 5.69 Å². The molecule has 25 heavy (non-hydrogen) atoms. The predicted octanol–water partition coefficient (Wildman–Crippen LogP) is 6.17. The number of benzene rings is 3. The Labute approximate surface area is 156 Å². The number of hydrogen-bond acceptors (Lipinski definition) is 1. The van der Waals surface area contributed by atoms with Gasteiger partial charge < -0.3 is 5.32 Å². The summed E-state index contributed by atoms with van der Waals surface area (Å²) in [5.74, 6) is -0.237. The van der Waals surface area contributed by atoms with E-state index in [9.17, 15) is 4.79 Å². The molecular formula is C21H15Cl2NO. The van der Waals surface area contributed by atoms with E-state index in [2.05, 4.69) is 5.32 Å². The lowest BCUT2D eigenvalue weighted by Gasteiger charge is -2.11. The molecule has 0 atom stereocenters. The van der Waals surface area contributed by atoms with Crippen molar-refractivity contribution in [3.05, 3.63) is 100 Å². The molecule has 124 valence electrons. The van der Waals surface area contributed by atoms with Crippen molar-refractivity contribution in [2.24, 2.45) is 0 Å². The first-order chi connectivity index (χ1) is 12.1. The van der Waals surface area contributed by atoms with Crippen LogP contribution in [-0.4, -0.2) is 5.91 Å². The highest BCUT2D eigenvalue weighted by molar-refractivity contribution is 6.38. The molecule has 2 nitrogen and oxygen atoms in total. The molecular weight excluding hydrogens is 353 g/mol. The fourth-order valence-corrected chi connectivity index (χ4v) is 2.85. The first-order valence-electron chi connectivity index (χ1n) is 7.72. The number of carbonyl (C=O) groups is 1. The maximum absolute atomic E-state index is 12.9. The molecule has 0 saturated heterocycles. The third-order valence-corrected chi connectivity index (χ3v) is 4.17. The second-order valence-corrected chi connectivity index (χ2v) is 6.26. The zero-order chi connectivity index (χ0) is 17.6. The minimum Gasteiger partial charge on any atom is -0.321 e. The lowest BCUT2D eigenvalue weighted by atomic mass is 10.0. The van der Waals surface area contributed by atoms with Crippen LogP contribution in [0, 0.1) is 0 Å². The van der Waals surface area contributed by atoms with Gasteiger partial charge in [0.05, 0.1) is 10.7 Å². The lowest BCUT2D eigenvalue weighted by molar-refractivity contribution is -0.111. The number of amides is 1. The first-order valence-corrected chi connectivity index (χ1v) is 8.47. The number of hydrogen-bond donors (Lipinski definition) is 1. The van der Waals surface area contributed by atoms with Crippen molar-refractivity contribution >= 4 is 46.4 Å². The van der Waals surface area contributed by atoms with Gasteiger partial charge in [-0.25, -0.2) is 0 Å². The molecule has 1 N–H and O–H groups in total. The molecule has 0 aliphatic heterocycles. The molecule has 0 saturated carbocycles. The van der Waals surface area contributed by atoms with E-state index < -0.39 is 0 Å². The first kappa shape index (κ1) is 17.3. The third kappa shape index (κ3) is 4.50. The van der Waals surface area contributed by atoms with Crippen LogP contribution in [-0.2, 0) is 4.79 Å². The van der Waals surface area contributed by atoms with Crippen molar-refractivity contribution in [3.63, 3.8) is 0 Å². The van der Waals surface area contributed by atoms with Crippen LogP contribution < -0.4 is 5.32 Å². The van der Waals surface area contributed by atoms with Gasteiger partial charge in [-0.15, -0.1) is 0 Å². The minimum absolute atomic E-state index is 0.237. The standard InChI is InChI=1S/C21H15Cl2NO/c22-17-11-12-20(19(23)14-17)24-21(25)18(16-9-5-2-6-10-16)13-15-7-3-1-4-8-15/h1-14H,(H,24,25)/b18-13+. The Bertz CT molecular complexity index is 906. The quantitative estimate of drug-likeness (QED) is 0.433. The fourth-order valence-electron chi connectivity index (χ4n) is 2.39. The SMILES string of the molecule is O=C(Nc1ccc(Cl)cc1Cl)/C(=C/c1ccccc1)c1ccccc1. The Balaban J connectivity index is 1.97. The fraction of sp³-hybridized carbons (Fsp3) is 0. The Kier molecular flexibility index (Phi) is 5.54. The largest absolute Gasteiger partial charge is 0.321 e. The number of carbonyl (C=O) groups excluding carboxylic acids is 1. The van der Waals surface area contributed by atoms with E-state index in [1.54, 1.807) is 18.2 Å². The van der Waals surface area contributed by atoms with E-state index in [0.29, 0.717) is 21.3 Å². The van der Waals surface area contributed by atoms with Gasteiger partial charge in [0, 0.05) is 10.6 Å². The molecule has 0 radical (unpaired) electrons. The Morgan fingerprint density at radius 1 is 0.840 bits per heavy atom. The Morgan fingerprint density at radius 3 is 2.12 bits per heavy atom. The normalized spacial score (nSPS) is 11.2. The monoisotopic (exact) mass is 367 g/mol. The molecule has 1 amide bonds. The second kappa shape index (κ2) is 8.02. The van der Waals surface area contributed by atoms with Crippen molar-refractivity contribution in [1.82, 2.24) is 0 Å². The van der Waals surface area contributed by atoms with Crippen molar-refractivity contribution in [3.8, 4) is 0 Å². The molecule has 0 aliphatic rings. The van der Waals surface area contributed by atoms with Gasteiger partial charge in [0.1, 0.15) is 0 Å². The number of nitrogens with one attached hydrogen (secondary N) is 1. The molecule has 3 aromatic rings. The summed E-state index contributed by atoms with van der Waals surface area (Å²) >= 11 is 12.1. The summed E-state index contributed by atoms with van der Waals surface area (Å²) in [6, 6.07) is 24.2. The van der Waals surface area contributed by atoms with Crippen LogP contribution in [0.1, 0.15) is 11.1 Å². The highest BCUT2D eigenvalue weighted by Gasteiger charge is 2.14. The van der Waals surface area contributed by atoms with Gasteiger partial charge in [0.2, 0.25) is 0 Å². The van der Waals surface area contributed by atoms with Gasteiger partial charge in [-0.1, -0.05) is 83.9 Å². The summed E-state index contributed by atoms with van der Waals surface area (Å²) in [4.78, 5) is 12.9. The van der Waals surface area contributed by atoms with Crippen molar-refractivity contribution in [2.75, 3.05) is 5.32 Å². The van der Waals surface area contributed by atoms with Crippen molar-refractivity contribution in [2.45, 2.75) is 0 Å². The molecule has 3 aromatic carbocycles. The molecule has 0 unspecified atom stereocenters. The molecule has 0 aromatic heterocycles. The van der Waals surface area contributed by atoms with Gasteiger partial charge in [0.15, 0.2) is 0 Å². The van der Waals surface area contributed by atoms with Gasteiger partial charge in [-0.05, 0) is 35.4 Å². The summed E-state index contributed by atoms with van der Waals surface area (Å²) in [7, 11) is 0. The number of anilines is 1. The van der Waals surface area contributed by atoms with Gasteiger partial charge in [-0.3, -0.25) is 4.79 Å². The van der Waals surface area contributed by atoms with Crippen LogP contribution in [0.3, 0.4) is 0 Å². The summed E-state index contributed by atoms with van der Waals surface area (Å²) in [5, 5.41) is 3.77. The molecule has 0 fully saturated rings. The van der Waals surface area contributed by atoms with Crippen LogP contribution in [0.15, 0.2) is 78.9 Å². The van der Waals surface area contributed by atoms with Gasteiger partial charge in [-0.2, -0.15) is 0 Å². The zero-order valence-electron chi connectivity index (χ0n) is 13.2. The van der Waals surface area contributed by atoms with Gasteiger partial charge >= 0.3 is 0 Å². The third-order valence-electron chi connectivity index (χ3n) is 3.62. The second-order valence-electron chi connectivity index (χ2n) is 5.41. The lowest BCUT2D eigenvalue weighted by Crippen LogP contribution is -2.14. The summed E-state index contributed by atoms with van der Waals surface area (Å²) in [6.45, 7) is 0. The van der Waals surface area contributed by atoms with E-state index in [4.69, 9.17) is 23.2 Å². The topological polar surface area (TPSA) is 29.1 Å². The van der Waals surface area contributed by atoms with Crippen molar-refractivity contribution < 1.29 is 4.79 Å². The molecule has 0 spiro atoms. The highest BCUT2D eigenvalue weighted by Crippen LogP contribution is 2.27.